The van der Waals surface area contributed by atoms with Gasteiger partial charge in [0.25, 0.3) is 10.2 Å². The minimum absolute atomic E-state index is 0.102. The first-order chi connectivity index (χ1) is 10.3. The Morgan fingerprint density at radius 1 is 1.14 bits per heavy atom. The fraction of sp³-hybridized carbons (Fsp3) is 0.538. The van der Waals surface area contributed by atoms with Gasteiger partial charge in [-0.15, -0.1) is 0 Å². The average molecular weight is 347 g/mol. The molecule has 0 spiro atoms. The molecule has 0 amide bonds. The third-order valence-corrected chi connectivity index (χ3v) is 6.31. The van der Waals surface area contributed by atoms with Crippen LogP contribution in [0.5, 0.6) is 0 Å². The van der Waals surface area contributed by atoms with Crippen LogP contribution < -0.4 is 9.44 Å². The minimum Gasteiger partial charge on any atom is -0.271 e. The highest BCUT2D eigenvalue weighted by molar-refractivity contribution is 7.90. The zero-order valence-electron chi connectivity index (χ0n) is 12.4. The lowest BCUT2D eigenvalue weighted by atomic mass is 10.3. The number of sulfonamides is 1. The van der Waals surface area contributed by atoms with Gasteiger partial charge in [-0.05, 0) is 37.5 Å². The molecule has 1 aliphatic rings. The first-order valence-corrected chi connectivity index (χ1v) is 10.1. The summed E-state index contributed by atoms with van der Waals surface area (Å²) in [5, 5.41) is 0. The van der Waals surface area contributed by atoms with Crippen molar-refractivity contribution in [2.24, 2.45) is 0 Å². The van der Waals surface area contributed by atoms with Gasteiger partial charge in [0.1, 0.15) is 0 Å². The molecule has 0 aliphatic carbocycles. The molecule has 1 aliphatic heterocycles. The Bertz CT molecular complexity index is 711. The molecule has 2 N–H and O–H groups in total. The molecule has 1 heterocycles. The number of anilines is 1. The summed E-state index contributed by atoms with van der Waals surface area (Å²) >= 11 is 0. The van der Waals surface area contributed by atoms with E-state index in [0.29, 0.717) is 26.1 Å². The van der Waals surface area contributed by atoms with Gasteiger partial charge < -0.3 is 0 Å². The minimum atomic E-state index is -3.69. The molecule has 1 aromatic carbocycles. The van der Waals surface area contributed by atoms with Crippen LogP contribution in [0.25, 0.3) is 0 Å². The Balaban J connectivity index is 2.20. The molecule has 0 bridgehead atoms. The molecule has 9 heteroatoms. The first-order valence-electron chi connectivity index (χ1n) is 7.23. The van der Waals surface area contributed by atoms with Crippen molar-refractivity contribution in [3.05, 3.63) is 24.3 Å². The van der Waals surface area contributed by atoms with Gasteiger partial charge in [-0.25, -0.2) is 8.42 Å². The van der Waals surface area contributed by atoms with Gasteiger partial charge in [0, 0.05) is 19.6 Å². The highest BCUT2D eigenvalue weighted by Crippen LogP contribution is 2.23. The molecule has 7 nitrogen and oxygen atoms in total. The molecule has 124 valence electrons. The smallest absolute Gasteiger partial charge is 0.271 e. The van der Waals surface area contributed by atoms with Crippen molar-refractivity contribution < 1.29 is 16.8 Å². The van der Waals surface area contributed by atoms with Crippen LogP contribution in [0.1, 0.15) is 26.2 Å². The molecule has 0 atom stereocenters. The molecule has 0 saturated carbocycles. The summed E-state index contributed by atoms with van der Waals surface area (Å²) in [5.41, 5.74) is 0.226. The first kappa shape index (κ1) is 17.2. The van der Waals surface area contributed by atoms with Gasteiger partial charge in [0.05, 0.1) is 10.6 Å². The lowest BCUT2D eigenvalue weighted by Crippen LogP contribution is -2.31. The van der Waals surface area contributed by atoms with E-state index < -0.39 is 20.2 Å². The van der Waals surface area contributed by atoms with E-state index in [1.54, 1.807) is 0 Å². The molecule has 1 fully saturated rings. The van der Waals surface area contributed by atoms with Crippen LogP contribution in [0.2, 0.25) is 0 Å². The maximum absolute atomic E-state index is 12.5. The van der Waals surface area contributed by atoms with Gasteiger partial charge in [-0.2, -0.15) is 17.4 Å². The van der Waals surface area contributed by atoms with E-state index in [1.165, 1.54) is 28.6 Å². The largest absolute Gasteiger partial charge is 0.299 e. The van der Waals surface area contributed by atoms with E-state index in [9.17, 15) is 16.8 Å². The van der Waals surface area contributed by atoms with Gasteiger partial charge >= 0.3 is 0 Å². The van der Waals surface area contributed by atoms with Crippen molar-refractivity contribution in [1.29, 1.82) is 0 Å². The molecule has 2 rings (SSSR count). The Labute approximate surface area is 131 Å². The third-order valence-electron chi connectivity index (χ3n) is 3.33. The number of nitrogens with one attached hydrogen (secondary N) is 2. The maximum atomic E-state index is 12.5. The topological polar surface area (TPSA) is 95.6 Å². The van der Waals surface area contributed by atoms with E-state index in [1.807, 2.05) is 6.92 Å². The summed E-state index contributed by atoms with van der Waals surface area (Å²) < 4.78 is 54.6. The highest BCUT2D eigenvalue weighted by atomic mass is 32.2. The summed E-state index contributed by atoms with van der Waals surface area (Å²) in [6.45, 7) is 3.19. The molecule has 1 aromatic rings. The third kappa shape index (κ3) is 4.19. The van der Waals surface area contributed by atoms with Crippen LogP contribution in [-0.4, -0.2) is 40.8 Å². The zero-order valence-corrected chi connectivity index (χ0v) is 14.1. The normalized spacial score (nSPS) is 16.8. The maximum Gasteiger partial charge on any atom is 0.299 e. The van der Waals surface area contributed by atoms with Crippen molar-refractivity contribution in [1.82, 2.24) is 9.03 Å². The molecular formula is C13H21N3O4S2. The standard InChI is InChI=1S/C13H21N3O4S2/c1-2-8-14-22(19,20)15-12-6-5-7-13(11-12)21(17,18)16-9-3-4-10-16/h5-7,11,14-15H,2-4,8-10H2,1H3. The van der Waals surface area contributed by atoms with E-state index in [2.05, 4.69) is 9.44 Å². The predicted octanol–water partition coefficient (Wildman–Crippen LogP) is 1.13. The van der Waals surface area contributed by atoms with Gasteiger partial charge in [0.15, 0.2) is 0 Å². The van der Waals surface area contributed by atoms with Crippen LogP contribution in [0, 0.1) is 0 Å². The molecular weight excluding hydrogens is 326 g/mol. The van der Waals surface area contributed by atoms with E-state index in [4.69, 9.17) is 0 Å². The molecule has 1 saturated heterocycles. The summed E-state index contributed by atoms with van der Waals surface area (Å²) in [6, 6.07) is 5.87. The monoisotopic (exact) mass is 347 g/mol. The highest BCUT2D eigenvalue weighted by Gasteiger charge is 2.27. The Morgan fingerprint density at radius 2 is 1.82 bits per heavy atom. The van der Waals surface area contributed by atoms with E-state index in [0.717, 1.165) is 12.8 Å². The number of hydrogen-bond acceptors (Lipinski definition) is 4. The second-order valence-corrected chi connectivity index (χ2v) is 8.58. The Kier molecular flexibility index (Phi) is 5.43. The van der Waals surface area contributed by atoms with E-state index >= 15 is 0 Å². The van der Waals surface area contributed by atoms with Crippen LogP contribution in [0.4, 0.5) is 5.69 Å². The van der Waals surface area contributed by atoms with Crippen molar-refractivity contribution >= 4 is 25.9 Å². The summed E-state index contributed by atoms with van der Waals surface area (Å²) in [6.07, 6.45) is 2.38. The summed E-state index contributed by atoms with van der Waals surface area (Å²) in [5.74, 6) is 0. The second-order valence-electron chi connectivity index (χ2n) is 5.14. The fourth-order valence-electron chi connectivity index (χ4n) is 2.23. The second kappa shape index (κ2) is 6.95. The lowest BCUT2D eigenvalue weighted by molar-refractivity contribution is 0.477. The zero-order chi connectivity index (χ0) is 16.2. The quantitative estimate of drug-likeness (QED) is 0.773. The number of nitrogens with zero attached hydrogens (tertiary/aromatic N) is 1. The summed E-state index contributed by atoms with van der Waals surface area (Å²) in [7, 11) is -7.24. The van der Waals surface area contributed by atoms with Crippen molar-refractivity contribution in [2.75, 3.05) is 24.4 Å². The number of hydrogen-bond donors (Lipinski definition) is 2. The van der Waals surface area contributed by atoms with Gasteiger partial charge in [0.2, 0.25) is 10.0 Å². The molecule has 0 unspecified atom stereocenters. The Hall–Kier alpha value is -1.16. The van der Waals surface area contributed by atoms with Crippen molar-refractivity contribution in [3.8, 4) is 0 Å². The Morgan fingerprint density at radius 3 is 2.45 bits per heavy atom. The SMILES string of the molecule is CCCNS(=O)(=O)Nc1cccc(S(=O)(=O)N2CCCC2)c1. The number of rotatable bonds is 7. The van der Waals surface area contributed by atoms with Gasteiger partial charge in [-0.3, -0.25) is 4.72 Å². The van der Waals surface area contributed by atoms with Gasteiger partial charge in [-0.1, -0.05) is 13.0 Å². The fourth-order valence-corrected chi connectivity index (χ4v) is 4.77. The predicted molar refractivity (Wildman–Crippen MR) is 85.3 cm³/mol. The number of benzene rings is 1. The molecule has 0 aromatic heterocycles. The van der Waals surface area contributed by atoms with Crippen LogP contribution in [-0.2, 0) is 20.2 Å². The van der Waals surface area contributed by atoms with Crippen molar-refractivity contribution in [2.45, 2.75) is 31.1 Å². The lowest BCUT2D eigenvalue weighted by Gasteiger charge is -2.16. The average Bonchev–Trinajstić information content (AvgIpc) is 3.00. The summed E-state index contributed by atoms with van der Waals surface area (Å²) in [4.78, 5) is 0.102. The van der Waals surface area contributed by atoms with E-state index in [-0.39, 0.29) is 10.6 Å². The van der Waals surface area contributed by atoms with Crippen LogP contribution in [0.15, 0.2) is 29.2 Å². The van der Waals surface area contributed by atoms with Crippen LogP contribution in [0.3, 0.4) is 0 Å². The molecule has 0 radical (unpaired) electrons. The molecule has 22 heavy (non-hydrogen) atoms. The van der Waals surface area contributed by atoms with Crippen LogP contribution >= 0.6 is 0 Å². The van der Waals surface area contributed by atoms with Crippen molar-refractivity contribution in [3.63, 3.8) is 0 Å².